The second-order valence-electron chi connectivity index (χ2n) is 5.85. The quantitative estimate of drug-likeness (QED) is 0.670. The van der Waals surface area contributed by atoms with Crippen LogP contribution in [0.1, 0.15) is 27.6 Å². The second kappa shape index (κ2) is 7.02. The number of aromatic nitrogens is 1. The van der Waals surface area contributed by atoms with Crippen LogP contribution < -0.4 is 10.1 Å². The molecule has 3 rings (SSSR count). The van der Waals surface area contributed by atoms with E-state index in [1.54, 1.807) is 30.3 Å². The van der Waals surface area contributed by atoms with Crippen LogP contribution in [0.15, 0.2) is 36.5 Å². The maximum absolute atomic E-state index is 12.9. The first-order valence-corrected chi connectivity index (χ1v) is 8.54. The predicted molar refractivity (Wildman–Crippen MR) is 104 cm³/mol. The molecule has 0 saturated heterocycles. The van der Waals surface area contributed by atoms with Gasteiger partial charge in [-0.25, -0.2) is 0 Å². The van der Waals surface area contributed by atoms with Crippen LogP contribution >= 0.6 is 23.2 Å². The van der Waals surface area contributed by atoms with Gasteiger partial charge >= 0.3 is 0 Å². The number of hydrogen-bond donors (Lipinski definition) is 1. The number of hydrogen-bond acceptors (Lipinski definition) is 3. The number of carbonyl (C=O) groups is 2. The Balaban J connectivity index is 2.08. The van der Waals surface area contributed by atoms with Crippen LogP contribution in [-0.4, -0.2) is 23.5 Å². The number of fused-ring (bicyclic) bond motifs is 1. The van der Waals surface area contributed by atoms with Gasteiger partial charge < -0.3 is 10.1 Å². The Morgan fingerprint density at radius 1 is 1.15 bits per heavy atom. The summed E-state index contributed by atoms with van der Waals surface area (Å²) in [6, 6.07) is 8.42. The molecule has 0 spiro atoms. The van der Waals surface area contributed by atoms with Crippen LogP contribution in [0.5, 0.6) is 5.75 Å². The average Bonchev–Trinajstić information content (AvgIpc) is 2.96. The maximum atomic E-state index is 12.9. The van der Waals surface area contributed by atoms with Gasteiger partial charge in [-0.2, -0.15) is 0 Å². The van der Waals surface area contributed by atoms with Gasteiger partial charge in [-0.05, 0) is 36.8 Å². The molecule has 1 N–H and O–H groups in total. The van der Waals surface area contributed by atoms with Gasteiger partial charge in [0.15, 0.2) is 0 Å². The average molecular weight is 391 g/mol. The van der Waals surface area contributed by atoms with Crippen molar-refractivity contribution in [3.8, 4) is 5.75 Å². The highest BCUT2D eigenvalue weighted by atomic mass is 35.5. The van der Waals surface area contributed by atoms with Crippen LogP contribution in [0.2, 0.25) is 10.0 Å². The largest absolute Gasteiger partial charge is 0.495 e. The van der Waals surface area contributed by atoms with Crippen molar-refractivity contribution < 1.29 is 14.3 Å². The Bertz CT molecular complexity index is 1040. The monoisotopic (exact) mass is 390 g/mol. The van der Waals surface area contributed by atoms with Crippen molar-refractivity contribution in [2.45, 2.75) is 13.8 Å². The zero-order valence-electron chi connectivity index (χ0n) is 14.4. The maximum Gasteiger partial charge on any atom is 0.257 e. The molecule has 1 amide bonds. The fraction of sp³-hybridized carbons (Fsp3) is 0.158. The van der Waals surface area contributed by atoms with E-state index in [2.05, 4.69) is 5.32 Å². The first-order chi connectivity index (χ1) is 12.3. The summed E-state index contributed by atoms with van der Waals surface area (Å²) in [5.41, 5.74) is 2.25. The molecule has 0 aliphatic carbocycles. The molecule has 0 unspecified atom stereocenters. The Morgan fingerprint density at radius 3 is 2.54 bits per heavy atom. The minimum absolute atomic E-state index is 0.198. The smallest absolute Gasteiger partial charge is 0.257 e. The SMILES string of the molecule is COc1cc(Cl)c(C)cc1NC(=O)c1cn(C(C)=O)c2ccc(Cl)cc12. The van der Waals surface area contributed by atoms with Crippen LogP contribution in [0.4, 0.5) is 5.69 Å². The molecule has 0 fully saturated rings. The number of nitrogens with one attached hydrogen (secondary N) is 1. The molecule has 0 aliphatic rings. The van der Waals surface area contributed by atoms with Crippen molar-refractivity contribution in [1.29, 1.82) is 0 Å². The van der Waals surface area contributed by atoms with E-state index >= 15 is 0 Å². The minimum atomic E-state index is -0.378. The normalized spacial score (nSPS) is 10.8. The summed E-state index contributed by atoms with van der Waals surface area (Å²) >= 11 is 12.2. The van der Waals surface area contributed by atoms with Crippen molar-refractivity contribution >= 4 is 51.6 Å². The molecule has 3 aromatic rings. The van der Waals surface area contributed by atoms with E-state index in [4.69, 9.17) is 27.9 Å². The first-order valence-electron chi connectivity index (χ1n) is 7.79. The molecule has 1 aromatic heterocycles. The third-order valence-electron chi connectivity index (χ3n) is 4.08. The highest BCUT2D eigenvalue weighted by molar-refractivity contribution is 6.32. The molecule has 0 atom stereocenters. The summed E-state index contributed by atoms with van der Waals surface area (Å²) in [5.74, 6) is -0.129. The molecular weight excluding hydrogens is 375 g/mol. The summed E-state index contributed by atoms with van der Waals surface area (Å²) in [6.07, 6.45) is 1.51. The molecular formula is C19H16Cl2N2O3. The molecule has 134 valence electrons. The van der Waals surface area contributed by atoms with E-state index in [-0.39, 0.29) is 11.8 Å². The number of halogens is 2. The van der Waals surface area contributed by atoms with Gasteiger partial charge in [-0.15, -0.1) is 0 Å². The number of anilines is 1. The summed E-state index contributed by atoms with van der Waals surface area (Å²) < 4.78 is 6.71. The Hall–Kier alpha value is -2.50. The molecule has 0 radical (unpaired) electrons. The zero-order chi connectivity index (χ0) is 19.0. The summed E-state index contributed by atoms with van der Waals surface area (Å²) in [5, 5.41) is 4.43. The Morgan fingerprint density at radius 2 is 1.88 bits per heavy atom. The fourth-order valence-electron chi connectivity index (χ4n) is 2.76. The van der Waals surface area contributed by atoms with Crippen molar-refractivity contribution in [1.82, 2.24) is 4.57 Å². The van der Waals surface area contributed by atoms with Gasteiger partial charge in [0, 0.05) is 34.6 Å². The molecule has 2 aromatic carbocycles. The van der Waals surface area contributed by atoms with Gasteiger partial charge in [0.2, 0.25) is 5.91 Å². The first kappa shape index (κ1) is 18.3. The van der Waals surface area contributed by atoms with Crippen molar-refractivity contribution in [3.05, 3.63) is 57.7 Å². The minimum Gasteiger partial charge on any atom is -0.495 e. The molecule has 0 saturated carbocycles. The molecule has 7 heteroatoms. The molecule has 5 nitrogen and oxygen atoms in total. The lowest BCUT2D eigenvalue weighted by Crippen LogP contribution is -2.13. The van der Waals surface area contributed by atoms with E-state index in [1.807, 2.05) is 6.92 Å². The number of amides is 1. The predicted octanol–water partition coefficient (Wildman–Crippen LogP) is 5.18. The molecule has 0 aliphatic heterocycles. The van der Waals surface area contributed by atoms with Crippen LogP contribution in [0, 0.1) is 6.92 Å². The van der Waals surface area contributed by atoms with Gasteiger partial charge in [-0.3, -0.25) is 14.2 Å². The van der Waals surface area contributed by atoms with Crippen molar-refractivity contribution in [3.63, 3.8) is 0 Å². The number of carbonyl (C=O) groups excluding carboxylic acids is 2. The number of methoxy groups -OCH3 is 1. The lowest BCUT2D eigenvalue weighted by Gasteiger charge is -2.12. The van der Waals surface area contributed by atoms with E-state index in [0.29, 0.717) is 37.9 Å². The summed E-state index contributed by atoms with van der Waals surface area (Å²) in [4.78, 5) is 24.8. The Labute approximate surface area is 160 Å². The van der Waals surface area contributed by atoms with Crippen LogP contribution in [-0.2, 0) is 0 Å². The van der Waals surface area contributed by atoms with Crippen LogP contribution in [0.25, 0.3) is 10.9 Å². The lowest BCUT2D eigenvalue weighted by atomic mass is 10.1. The number of aryl methyl sites for hydroxylation is 1. The second-order valence-corrected chi connectivity index (χ2v) is 6.69. The van der Waals surface area contributed by atoms with E-state index in [0.717, 1.165) is 5.56 Å². The van der Waals surface area contributed by atoms with Crippen molar-refractivity contribution in [2.24, 2.45) is 0 Å². The van der Waals surface area contributed by atoms with Crippen LogP contribution in [0.3, 0.4) is 0 Å². The van der Waals surface area contributed by atoms with E-state index < -0.39 is 0 Å². The summed E-state index contributed by atoms with van der Waals surface area (Å²) in [6.45, 7) is 3.26. The van der Waals surface area contributed by atoms with Gasteiger partial charge in [0.25, 0.3) is 5.91 Å². The molecule has 0 bridgehead atoms. The molecule has 1 heterocycles. The lowest BCUT2D eigenvalue weighted by molar-refractivity contribution is 0.0941. The standard InChI is InChI=1S/C19H16Cl2N2O3/c1-10-6-16(18(26-3)8-15(10)21)22-19(25)14-9-23(11(2)24)17-5-4-12(20)7-13(14)17/h4-9H,1-3H3,(H,22,25). The number of ether oxygens (including phenoxy) is 1. The van der Waals surface area contributed by atoms with Gasteiger partial charge in [-0.1, -0.05) is 23.2 Å². The van der Waals surface area contributed by atoms with E-state index in [1.165, 1.54) is 24.8 Å². The van der Waals surface area contributed by atoms with Gasteiger partial charge in [0.1, 0.15) is 5.75 Å². The number of benzene rings is 2. The third kappa shape index (κ3) is 3.28. The van der Waals surface area contributed by atoms with Crippen molar-refractivity contribution in [2.75, 3.05) is 12.4 Å². The number of rotatable bonds is 3. The zero-order valence-corrected chi connectivity index (χ0v) is 15.9. The highest BCUT2D eigenvalue weighted by Crippen LogP contribution is 2.32. The molecule has 26 heavy (non-hydrogen) atoms. The Kier molecular flexibility index (Phi) is 4.94. The fourth-order valence-corrected chi connectivity index (χ4v) is 3.09. The van der Waals surface area contributed by atoms with Gasteiger partial charge in [0.05, 0.1) is 23.9 Å². The number of nitrogens with zero attached hydrogens (tertiary/aromatic N) is 1. The summed E-state index contributed by atoms with van der Waals surface area (Å²) in [7, 11) is 1.50. The van der Waals surface area contributed by atoms with E-state index in [9.17, 15) is 9.59 Å². The highest BCUT2D eigenvalue weighted by Gasteiger charge is 2.19. The third-order valence-corrected chi connectivity index (χ3v) is 4.72. The topological polar surface area (TPSA) is 60.3 Å².